The maximum Gasteiger partial charge on any atom is 0.245 e. The lowest BCUT2D eigenvalue weighted by atomic mass is 9.80. The number of carbonyl (C=O) groups excluding carboxylic acids is 2. The number of nitrogens with zero attached hydrogens (tertiary/aromatic N) is 1. The Morgan fingerprint density at radius 3 is 2.32 bits per heavy atom. The fourth-order valence-electron chi connectivity index (χ4n) is 2.13. The van der Waals surface area contributed by atoms with Gasteiger partial charge in [0.25, 0.3) is 0 Å². The first kappa shape index (κ1) is 16.0. The van der Waals surface area contributed by atoms with Gasteiger partial charge < -0.3 is 10.2 Å². The van der Waals surface area contributed by atoms with Crippen molar-refractivity contribution in [2.75, 3.05) is 13.1 Å². The van der Waals surface area contributed by atoms with E-state index in [4.69, 9.17) is 0 Å². The van der Waals surface area contributed by atoms with E-state index in [9.17, 15) is 9.59 Å². The van der Waals surface area contributed by atoms with E-state index >= 15 is 0 Å². The molecule has 2 amide bonds. The van der Waals surface area contributed by atoms with Gasteiger partial charge in [-0.3, -0.25) is 9.59 Å². The van der Waals surface area contributed by atoms with Gasteiger partial charge in [-0.2, -0.15) is 0 Å². The molecule has 0 radical (unpaired) electrons. The molecule has 1 heterocycles. The molecule has 1 saturated heterocycles. The normalized spacial score (nSPS) is 21.9. The lowest BCUT2D eigenvalue weighted by Gasteiger charge is -2.36. The van der Waals surface area contributed by atoms with Crippen LogP contribution >= 0.6 is 0 Å². The Labute approximate surface area is 116 Å². The molecule has 0 saturated carbocycles. The molecule has 0 spiro atoms. The first-order valence-electron chi connectivity index (χ1n) is 7.23. The Hall–Kier alpha value is -1.06. The fraction of sp³-hybridized carbons (Fsp3) is 0.867. The number of hydrogen-bond acceptors (Lipinski definition) is 2. The van der Waals surface area contributed by atoms with Gasteiger partial charge >= 0.3 is 0 Å². The zero-order valence-electron chi connectivity index (χ0n) is 13.1. The maximum atomic E-state index is 12.5. The van der Waals surface area contributed by atoms with Crippen LogP contribution in [0, 0.1) is 17.3 Å². The predicted molar refractivity (Wildman–Crippen MR) is 76.6 cm³/mol. The molecular weight excluding hydrogens is 240 g/mol. The molecule has 4 heteroatoms. The number of carbonyl (C=O) groups is 2. The van der Waals surface area contributed by atoms with Crippen LogP contribution in [0.3, 0.4) is 0 Å². The Morgan fingerprint density at radius 1 is 1.26 bits per heavy atom. The molecule has 1 fully saturated rings. The van der Waals surface area contributed by atoms with E-state index < -0.39 is 0 Å². The van der Waals surface area contributed by atoms with Crippen LogP contribution in [0.5, 0.6) is 0 Å². The summed E-state index contributed by atoms with van der Waals surface area (Å²) in [6.07, 6.45) is 0.406. The van der Waals surface area contributed by atoms with Crippen LogP contribution in [0.25, 0.3) is 0 Å². The average Bonchev–Trinajstić information content (AvgIpc) is 2.41. The van der Waals surface area contributed by atoms with Gasteiger partial charge in [0.15, 0.2) is 0 Å². The standard InChI is InChI=1S/C15H28N2O2/c1-10(2)13-14(19)17(8-7-12(18)16-13)9-15(5,6)11(3)4/h10-11,13H,7-9H2,1-6H3,(H,16,18). The van der Waals surface area contributed by atoms with Gasteiger partial charge in [0.2, 0.25) is 11.8 Å². The van der Waals surface area contributed by atoms with Crippen LogP contribution in [0.2, 0.25) is 0 Å². The third kappa shape index (κ3) is 3.95. The third-order valence-corrected chi connectivity index (χ3v) is 4.33. The molecule has 0 aromatic rings. The first-order valence-corrected chi connectivity index (χ1v) is 7.23. The van der Waals surface area contributed by atoms with Crippen molar-refractivity contribution in [1.82, 2.24) is 10.2 Å². The van der Waals surface area contributed by atoms with Crippen LogP contribution in [0.4, 0.5) is 0 Å². The van der Waals surface area contributed by atoms with Crippen molar-refractivity contribution in [1.29, 1.82) is 0 Å². The van der Waals surface area contributed by atoms with E-state index in [0.29, 0.717) is 25.4 Å². The third-order valence-electron chi connectivity index (χ3n) is 4.33. The summed E-state index contributed by atoms with van der Waals surface area (Å²) in [4.78, 5) is 26.1. The molecule has 19 heavy (non-hydrogen) atoms. The second kappa shape index (κ2) is 5.93. The molecule has 1 unspecified atom stereocenters. The zero-order chi connectivity index (χ0) is 14.8. The van der Waals surface area contributed by atoms with Crippen molar-refractivity contribution in [3.63, 3.8) is 0 Å². The van der Waals surface area contributed by atoms with Crippen LogP contribution < -0.4 is 5.32 Å². The van der Waals surface area contributed by atoms with E-state index in [0.717, 1.165) is 0 Å². The average molecular weight is 268 g/mol. The Morgan fingerprint density at radius 2 is 1.84 bits per heavy atom. The van der Waals surface area contributed by atoms with Gasteiger partial charge in [0.1, 0.15) is 6.04 Å². The smallest absolute Gasteiger partial charge is 0.245 e. The summed E-state index contributed by atoms with van der Waals surface area (Å²) >= 11 is 0. The van der Waals surface area contributed by atoms with Crippen molar-refractivity contribution in [2.24, 2.45) is 17.3 Å². The maximum absolute atomic E-state index is 12.5. The highest BCUT2D eigenvalue weighted by molar-refractivity contribution is 5.90. The summed E-state index contributed by atoms with van der Waals surface area (Å²) < 4.78 is 0. The van der Waals surface area contributed by atoms with Crippen LogP contribution in [0.15, 0.2) is 0 Å². The SMILES string of the molecule is CC(C)C1NC(=O)CCN(CC(C)(C)C(C)C)C1=O. The van der Waals surface area contributed by atoms with Gasteiger partial charge in [-0.15, -0.1) is 0 Å². The van der Waals surface area contributed by atoms with Crippen LogP contribution in [-0.4, -0.2) is 35.8 Å². The second-order valence-corrected chi connectivity index (χ2v) is 6.94. The van der Waals surface area contributed by atoms with Crippen molar-refractivity contribution < 1.29 is 9.59 Å². The van der Waals surface area contributed by atoms with Gasteiger partial charge in [-0.1, -0.05) is 41.5 Å². The minimum Gasteiger partial charge on any atom is -0.344 e. The van der Waals surface area contributed by atoms with E-state index in [-0.39, 0.29) is 29.2 Å². The molecule has 0 aromatic carbocycles. The van der Waals surface area contributed by atoms with Crippen molar-refractivity contribution in [2.45, 2.75) is 54.0 Å². The van der Waals surface area contributed by atoms with Gasteiger partial charge in [0, 0.05) is 19.5 Å². The van der Waals surface area contributed by atoms with Gasteiger partial charge in [0.05, 0.1) is 0 Å². The summed E-state index contributed by atoms with van der Waals surface area (Å²) in [6, 6.07) is -0.377. The molecule has 0 aromatic heterocycles. The van der Waals surface area contributed by atoms with E-state index in [1.54, 1.807) is 0 Å². The van der Waals surface area contributed by atoms with Crippen LogP contribution in [-0.2, 0) is 9.59 Å². The molecule has 1 aliphatic heterocycles. The summed E-state index contributed by atoms with van der Waals surface area (Å²) in [7, 11) is 0. The Balaban J connectivity index is 2.87. The molecule has 1 aliphatic rings. The molecule has 1 atom stereocenters. The summed E-state index contributed by atoms with van der Waals surface area (Å²) in [5.74, 6) is 0.662. The van der Waals surface area contributed by atoms with Crippen molar-refractivity contribution in [3.8, 4) is 0 Å². The Kier molecular flexibility index (Phi) is 4.99. The van der Waals surface area contributed by atoms with E-state index in [1.807, 2.05) is 18.7 Å². The molecule has 0 bridgehead atoms. The van der Waals surface area contributed by atoms with Crippen LogP contribution in [0.1, 0.15) is 48.0 Å². The van der Waals surface area contributed by atoms with Gasteiger partial charge in [-0.25, -0.2) is 0 Å². The molecule has 4 nitrogen and oxygen atoms in total. The lowest BCUT2D eigenvalue weighted by Crippen LogP contribution is -2.50. The zero-order valence-corrected chi connectivity index (χ0v) is 13.1. The summed E-state index contributed by atoms with van der Waals surface area (Å²) in [5.41, 5.74) is 0.0601. The summed E-state index contributed by atoms with van der Waals surface area (Å²) in [6.45, 7) is 13.9. The second-order valence-electron chi connectivity index (χ2n) is 6.94. The molecular formula is C15H28N2O2. The van der Waals surface area contributed by atoms with E-state index in [1.165, 1.54) is 0 Å². The topological polar surface area (TPSA) is 49.4 Å². The Bertz CT molecular complexity index is 348. The van der Waals surface area contributed by atoms with Crippen molar-refractivity contribution in [3.05, 3.63) is 0 Å². The summed E-state index contributed by atoms with van der Waals surface area (Å²) in [5, 5.41) is 2.84. The highest BCUT2D eigenvalue weighted by Gasteiger charge is 2.35. The molecule has 110 valence electrons. The molecule has 1 N–H and O–H groups in total. The number of hydrogen-bond donors (Lipinski definition) is 1. The predicted octanol–water partition coefficient (Wildman–Crippen LogP) is 2.04. The number of amides is 2. The fourth-order valence-corrected chi connectivity index (χ4v) is 2.13. The lowest BCUT2D eigenvalue weighted by molar-refractivity contribution is -0.136. The van der Waals surface area contributed by atoms with Crippen molar-refractivity contribution >= 4 is 11.8 Å². The quantitative estimate of drug-likeness (QED) is 0.848. The first-order chi connectivity index (χ1) is 8.65. The minimum absolute atomic E-state index is 0.0168. The highest BCUT2D eigenvalue weighted by atomic mass is 16.2. The van der Waals surface area contributed by atoms with E-state index in [2.05, 4.69) is 33.0 Å². The highest BCUT2D eigenvalue weighted by Crippen LogP contribution is 2.28. The number of rotatable bonds is 4. The molecule has 0 aliphatic carbocycles. The van der Waals surface area contributed by atoms with Gasteiger partial charge in [-0.05, 0) is 17.3 Å². The minimum atomic E-state index is -0.377. The largest absolute Gasteiger partial charge is 0.344 e. The molecule has 1 rings (SSSR count). The number of nitrogens with one attached hydrogen (secondary N) is 1. The monoisotopic (exact) mass is 268 g/mol.